The minimum absolute atomic E-state index is 0.100. The second-order valence-corrected chi connectivity index (χ2v) is 4.95. The minimum atomic E-state index is -0.100. The van der Waals surface area contributed by atoms with Crippen LogP contribution in [0.5, 0.6) is 0 Å². The van der Waals surface area contributed by atoms with Crippen LogP contribution in [0.4, 0.5) is 5.82 Å². The Bertz CT molecular complexity index is 371. The Morgan fingerprint density at radius 3 is 2.89 bits per heavy atom. The molecule has 1 aromatic heterocycles. The summed E-state index contributed by atoms with van der Waals surface area (Å²) in [7, 11) is 1.79. The van der Waals surface area contributed by atoms with Gasteiger partial charge in [-0.1, -0.05) is 12.5 Å². The molecule has 2 N–H and O–H groups in total. The molecule has 4 nitrogen and oxygen atoms in total. The predicted octanol–water partition coefficient (Wildman–Crippen LogP) is 2.39. The number of nitrogens with zero attached hydrogens (tertiary/aromatic N) is 1. The van der Waals surface area contributed by atoms with Crippen LogP contribution in [0.15, 0.2) is 18.2 Å². The Morgan fingerprint density at radius 1 is 1.33 bits per heavy atom. The van der Waals surface area contributed by atoms with Gasteiger partial charge in [-0.2, -0.15) is 11.8 Å². The fourth-order valence-electron chi connectivity index (χ4n) is 1.54. The maximum Gasteiger partial charge on any atom is 0.269 e. The van der Waals surface area contributed by atoms with Crippen molar-refractivity contribution in [1.82, 2.24) is 10.3 Å². The molecule has 0 fully saturated rings. The number of amides is 1. The number of thioether (sulfide) groups is 1. The number of pyridine rings is 1. The number of hydrogen-bond donors (Lipinski definition) is 2. The smallest absolute Gasteiger partial charge is 0.269 e. The van der Waals surface area contributed by atoms with Crippen molar-refractivity contribution in [2.24, 2.45) is 0 Å². The van der Waals surface area contributed by atoms with Gasteiger partial charge in [0, 0.05) is 13.6 Å². The predicted molar refractivity (Wildman–Crippen MR) is 78.3 cm³/mol. The second-order valence-electron chi connectivity index (χ2n) is 3.97. The largest absolute Gasteiger partial charge is 0.373 e. The third kappa shape index (κ3) is 5.40. The number of rotatable bonds is 8. The fraction of sp³-hybridized carbons (Fsp3) is 0.538. The zero-order chi connectivity index (χ0) is 13.2. The lowest BCUT2D eigenvalue weighted by atomic mass is 10.2. The molecule has 0 saturated heterocycles. The SMILES string of the molecule is CNc1cccc(C(=O)NCCCCCSC)n1. The lowest BCUT2D eigenvalue weighted by Crippen LogP contribution is -2.25. The van der Waals surface area contributed by atoms with Gasteiger partial charge in [0.15, 0.2) is 0 Å². The lowest BCUT2D eigenvalue weighted by Gasteiger charge is -2.06. The number of nitrogens with one attached hydrogen (secondary N) is 2. The van der Waals surface area contributed by atoms with Gasteiger partial charge in [0.2, 0.25) is 0 Å². The zero-order valence-corrected chi connectivity index (χ0v) is 11.8. The Morgan fingerprint density at radius 2 is 2.17 bits per heavy atom. The van der Waals surface area contributed by atoms with Crippen LogP contribution in [0.1, 0.15) is 29.8 Å². The van der Waals surface area contributed by atoms with Crippen molar-refractivity contribution in [2.45, 2.75) is 19.3 Å². The fourth-order valence-corrected chi connectivity index (χ4v) is 2.03. The van der Waals surface area contributed by atoms with E-state index in [2.05, 4.69) is 21.9 Å². The molecule has 100 valence electrons. The second kappa shape index (κ2) is 8.80. The average Bonchev–Trinajstić information content (AvgIpc) is 2.42. The summed E-state index contributed by atoms with van der Waals surface area (Å²) >= 11 is 1.86. The van der Waals surface area contributed by atoms with Crippen molar-refractivity contribution in [3.05, 3.63) is 23.9 Å². The van der Waals surface area contributed by atoms with E-state index in [4.69, 9.17) is 0 Å². The van der Waals surface area contributed by atoms with Gasteiger partial charge >= 0.3 is 0 Å². The van der Waals surface area contributed by atoms with E-state index >= 15 is 0 Å². The Labute approximate surface area is 113 Å². The molecule has 0 saturated carbocycles. The highest BCUT2D eigenvalue weighted by atomic mass is 32.2. The first kappa shape index (κ1) is 14.8. The molecule has 18 heavy (non-hydrogen) atoms. The molecule has 0 aromatic carbocycles. The van der Waals surface area contributed by atoms with Crippen molar-refractivity contribution in [3.63, 3.8) is 0 Å². The van der Waals surface area contributed by atoms with E-state index in [-0.39, 0.29) is 5.91 Å². The summed E-state index contributed by atoms with van der Waals surface area (Å²) < 4.78 is 0. The third-order valence-electron chi connectivity index (χ3n) is 2.55. The first-order valence-electron chi connectivity index (χ1n) is 6.20. The standard InChI is InChI=1S/C13H21N3OS/c1-14-12-8-6-7-11(16-12)13(17)15-9-4-3-5-10-18-2/h6-8H,3-5,9-10H2,1-2H3,(H,14,16)(H,15,17). The molecule has 1 rings (SSSR count). The number of unbranched alkanes of at least 4 members (excludes halogenated alkanes) is 2. The summed E-state index contributed by atoms with van der Waals surface area (Å²) in [4.78, 5) is 16.0. The summed E-state index contributed by atoms with van der Waals surface area (Å²) in [6.45, 7) is 0.721. The summed E-state index contributed by atoms with van der Waals surface area (Å²) in [6, 6.07) is 5.38. The summed E-state index contributed by atoms with van der Waals surface area (Å²) in [5.41, 5.74) is 0.464. The van der Waals surface area contributed by atoms with E-state index in [9.17, 15) is 4.79 Å². The van der Waals surface area contributed by atoms with Gasteiger partial charge in [-0.25, -0.2) is 4.98 Å². The quantitative estimate of drug-likeness (QED) is 0.710. The Balaban J connectivity index is 2.27. The molecular formula is C13H21N3OS. The molecule has 1 amide bonds. The van der Waals surface area contributed by atoms with Crippen LogP contribution in [0.2, 0.25) is 0 Å². The molecule has 0 aliphatic carbocycles. The van der Waals surface area contributed by atoms with Crippen molar-refractivity contribution in [2.75, 3.05) is 30.9 Å². The number of anilines is 1. The first-order valence-corrected chi connectivity index (χ1v) is 7.59. The Kier molecular flexibility index (Phi) is 7.25. The van der Waals surface area contributed by atoms with E-state index in [0.29, 0.717) is 11.5 Å². The maximum atomic E-state index is 11.8. The van der Waals surface area contributed by atoms with Gasteiger partial charge in [-0.15, -0.1) is 0 Å². The summed E-state index contributed by atoms with van der Waals surface area (Å²) in [5.74, 6) is 1.80. The van der Waals surface area contributed by atoms with Gasteiger partial charge in [0.1, 0.15) is 11.5 Å². The molecule has 1 aromatic rings. The monoisotopic (exact) mass is 267 g/mol. The van der Waals surface area contributed by atoms with Gasteiger partial charge in [-0.05, 0) is 37.0 Å². The van der Waals surface area contributed by atoms with Gasteiger partial charge in [0.25, 0.3) is 5.91 Å². The number of aromatic nitrogens is 1. The van der Waals surface area contributed by atoms with Crippen molar-refractivity contribution in [3.8, 4) is 0 Å². The number of hydrogen-bond acceptors (Lipinski definition) is 4. The van der Waals surface area contributed by atoms with E-state index in [1.807, 2.05) is 23.9 Å². The van der Waals surface area contributed by atoms with Crippen molar-refractivity contribution >= 4 is 23.5 Å². The molecule has 5 heteroatoms. The summed E-state index contributed by atoms with van der Waals surface area (Å²) in [5, 5.41) is 5.81. The van der Waals surface area contributed by atoms with E-state index in [1.165, 1.54) is 12.2 Å². The highest BCUT2D eigenvalue weighted by Crippen LogP contribution is 2.04. The molecule has 1 heterocycles. The minimum Gasteiger partial charge on any atom is -0.373 e. The van der Waals surface area contributed by atoms with Crippen LogP contribution in [0.3, 0.4) is 0 Å². The summed E-state index contributed by atoms with van der Waals surface area (Å²) in [6.07, 6.45) is 5.51. The van der Waals surface area contributed by atoms with Crippen molar-refractivity contribution in [1.29, 1.82) is 0 Å². The average molecular weight is 267 g/mol. The maximum absolute atomic E-state index is 11.8. The molecule has 0 radical (unpaired) electrons. The molecule has 0 aliphatic heterocycles. The first-order chi connectivity index (χ1) is 8.77. The van der Waals surface area contributed by atoms with E-state index in [0.717, 1.165) is 19.4 Å². The Hall–Kier alpha value is -1.23. The molecule has 0 aliphatic rings. The topological polar surface area (TPSA) is 54.0 Å². The number of carbonyl (C=O) groups excluding carboxylic acids is 1. The van der Waals surface area contributed by atoms with Crippen LogP contribution in [-0.2, 0) is 0 Å². The molecule has 0 unspecified atom stereocenters. The number of carbonyl (C=O) groups is 1. The van der Waals surface area contributed by atoms with Crippen LogP contribution in [0, 0.1) is 0 Å². The van der Waals surface area contributed by atoms with Gasteiger partial charge < -0.3 is 10.6 Å². The van der Waals surface area contributed by atoms with E-state index in [1.54, 1.807) is 13.1 Å². The van der Waals surface area contributed by atoms with Crippen LogP contribution in [0.25, 0.3) is 0 Å². The highest BCUT2D eigenvalue weighted by Gasteiger charge is 2.06. The highest BCUT2D eigenvalue weighted by molar-refractivity contribution is 7.98. The molecule has 0 bridgehead atoms. The van der Waals surface area contributed by atoms with Crippen LogP contribution >= 0.6 is 11.8 Å². The van der Waals surface area contributed by atoms with Gasteiger partial charge in [0.05, 0.1) is 0 Å². The molecule has 0 spiro atoms. The van der Waals surface area contributed by atoms with Crippen molar-refractivity contribution < 1.29 is 4.79 Å². The lowest BCUT2D eigenvalue weighted by molar-refractivity contribution is 0.0948. The molecule has 0 atom stereocenters. The third-order valence-corrected chi connectivity index (χ3v) is 3.25. The van der Waals surface area contributed by atoms with E-state index < -0.39 is 0 Å². The normalized spacial score (nSPS) is 10.1. The van der Waals surface area contributed by atoms with Gasteiger partial charge in [-0.3, -0.25) is 4.79 Å². The van der Waals surface area contributed by atoms with Crippen LogP contribution in [-0.4, -0.2) is 36.5 Å². The zero-order valence-electron chi connectivity index (χ0n) is 11.0. The molecular weight excluding hydrogens is 246 g/mol. The van der Waals surface area contributed by atoms with Crippen LogP contribution < -0.4 is 10.6 Å².